The molecule has 0 saturated carbocycles. The molecule has 0 radical (unpaired) electrons. The van der Waals surface area contributed by atoms with Crippen LogP contribution in [0.25, 0.3) is 0 Å². The Labute approximate surface area is 108 Å². The zero-order valence-corrected chi connectivity index (χ0v) is 10.6. The Bertz CT molecular complexity index is 461. The van der Waals surface area contributed by atoms with Gasteiger partial charge >= 0.3 is 12.1 Å². The second-order valence-electron chi connectivity index (χ2n) is 3.89. The molecule has 0 spiro atoms. The van der Waals surface area contributed by atoms with Gasteiger partial charge in [-0.05, 0) is 25.1 Å². The fraction of sp³-hybridized carbons (Fsp3) is 0.417. The molecule has 0 unspecified atom stereocenters. The number of nitrogen functional groups attached to an aromatic ring is 1. The van der Waals surface area contributed by atoms with Crippen molar-refractivity contribution in [1.29, 1.82) is 0 Å². The van der Waals surface area contributed by atoms with Gasteiger partial charge in [0.25, 0.3) is 0 Å². The lowest BCUT2D eigenvalue weighted by Crippen LogP contribution is -2.34. The van der Waals surface area contributed by atoms with Gasteiger partial charge in [0.05, 0.1) is 24.0 Å². The average Bonchev–Trinajstić information content (AvgIpc) is 2.34. The summed E-state index contributed by atoms with van der Waals surface area (Å²) < 4.78 is 41.8. The Morgan fingerprint density at radius 2 is 2.05 bits per heavy atom. The van der Waals surface area contributed by atoms with Gasteiger partial charge in [-0.1, -0.05) is 0 Å². The van der Waals surface area contributed by atoms with Gasteiger partial charge in [-0.25, -0.2) is 4.79 Å². The van der Waals surface area contributed by atoms with Crippen molar-refractivity contribution in [2.75, 3.05) is 30.8 Å². The summed E-state index contributed by atoms with van der Waals surface area (Å²) in [6.07, 6.45) is -4.32. The number of hydrogen-bond acceptors (Lipinski definition) is 4. The molecule has 1 aromatic carbocycles. The van der Waals surface area contributed by atoms with E-state index in [9.17, 15) is 18.0 Å². The molecule has 1 rings (SSSR count). The zero-order chi connectivity index (χ0) is 14.6. The van der Waals surface area contributed by atoms with Gasteiger partial charge in [0, 0.05) is 6.54 Å². The Balaban J connectivity index is 3.03. The van der Waals surface area contributed by atoms with E-state index in [1.54, 1.807) is 6.92 Å². The van der Waals surface area contributed by atoms with Crippen LogP contribution in [0, 0.1) is 0 Å². The van der Waals surface area contributed by atoms with Crippen molar-refractivity contribution >= 4 is 17.3 Å². The summed E-state index contributed by atoms with van der Waals surface area (Å²) in [5.74, 6) is -0.586. The number of carbonyl (C=O) groups is 1. The number of alkyl halides is 3. The SMILES string of the molecule is CCN(CC(F)(F)F)c1ccc(C(=O)OC)cc1N. The lowest BCUT2D eigenvalue weighted by Gasteiger charge is -2.25. The van der Waals surface area contributed by atoms with Crippen molar-refractivity contribution in [3.8, 4) is 0 Å². The van der Waals surface area contributed by atoms with Crippen molar-refractivity contribution in [2.45, 2.75) is 13.1 Å². The molecule has 0 aromatic heterocycles. The number of hydrogen-bond donors (Lipinski definition) is 1. The molecular weight excluding hydrogens is 261 g/mol. The molecule has 0 aliphatic carbocycles. The van der Waals surface area contributed by atoms with Crippen molar-refractivity contribution in [2.24, 2.45) is 0 Å². The Kier molecular flexibility index (Phi) is 4.63. The molecule has 2 N–H and O–H groups in total. The first kappa shape index (κ1) is 15.1. The second-order valence-corrected chi connectivity index (χ2v) is 3.89. The molecule has 0 atom stereocenters. The predicted octanol–water partition coefficient (Wildman–Crippen LogP) is 2.44. The minimum absolute atomic E-state index is 0.106. The van der Waals surface area contributed by atoms with E-state index in [0.717, 1.165) is 4.90 Å². The molecule has 4 nitrogen and oxygen atoms in total. The Hall–Kier alpha value is -1.92. The van der Waals surface area contributed by atoms with Crippen LogP contribution >= 0.6 is 0 Å². The molecule has 7 heteroatoms. The van der Waals surface area contributed by atoms with E-state index >= 15 is 0 Å². The normalized spacial score (nSPS) is 11.2. The van der Waals surface area contributed by atoms with Crippen LogP contribution in [-0.2, 0) is 4.74 Å². The lowest BCUT2D eigenvalue weighted by atomic mass is 10.1. The lowest BCUT2D eigenvalue weighted by molar-refractivity contribution is -0.119. The average molecular weight is 276 g/mol. The molecule has 0 amide bonds. The maximum absolute atomic E-state index is 12.4. The molecular formula is C12H15F3N2O2. The third kappa shape index (κ3) is 4.04. The second kappa shape index (κ2) is 5.81. The van der Waals surface area contributed by atoms with Crippen LogP contribution in [0.4, 0.5) is 24.5 Å². The van der Waals surface area contributed by atoms with Crippen LogP contribution in [-0.4, -0.2) is 32.3 Å². The third-order valence-corrected chi connectivity index (χ3v) is 2.54. The van der Waals surface area contributed by atoms with Gasteiger partial charge in [0.2, 0.25) is 0 Å². The number of esters is 1. The van der Waals surface area contributed by atoms with Crippen LogP contribution in [0.15, 0.2) is 18.2 Å². The smallest absolute Gasteiger partial charge is 0.405 e. The van der Waals surface area contributed by atoms with Crippen LogP contribution in [0.3, 0.4) is 0 Å². The van der Waals surface area contributed by atoms with Gasteiger partial charge in [-0.2, -0.15) is 13.2 Å². The highest BCUT2D eigenvalue weighted by molar-refractivity contribution is 5.91. The number of rotatable bonds is 4. The molecule has 0 saturated heterocycles. The number of carbonyl (C=O) groups excluding carboxylic acids is 1. The quantitative estimate of drug-likeness (QED) is 0.678. The van der Waals surface area contributed by atoms with Crippen molar-refractivity contribution in [3.63, 3.8) is 0 Å². The first-order valence-corrected chi connectivity index (χ1v) is 5.58. The third-order valence-electron chi connectivity index (χ3n) is 2.54. The fourth-order valence-corrected chi connectivity index (χ4v) is 1.67. The number of ether oxygens (including phenoxy) is 1. The highest BCUT2D eigenvalue weighted by atomic mass is 19.4. The molecule has 0 aliphatic heterocycles. The molecule has 19 heavy (non-hydrogen) atoms. The summed E-state index contributed by atoms with van der Waals surface area (Å²) in [6, 6.07) is 4.08. The molecule has 0 fully saturated rings. The summed E-state index contributed by atoms with van der Waals surface area (Å²) in [7, 11) is 1.22. The van der Waals surface area contributed by atoms with Crippen LogP contribution < -0.4 is 10.6 Å². The summed E-state index contributed by atoms with van der Waals surface area (Å²) in [5, 5.41) is 0. The minimum atomic E-state index is -4.32. The summed E-state index contributed by atoms with van der Waals surface area (Å²) in [4.78, 5) is 12.4. The zero-order valence-electron chi connectivity index (χ0n) is 10.6. The Morgan fingerprint density at radius 1 is 1.42 bits per heavy atom. The largest absolute Gasteiger partial charge is 0.465 e. The molecule has 1 aromatic rings. The van der Waals surface area contributed by atoms with Gasteiger partial charge in [-0.3, -0.25) is 0 Å². The van der Waals surface area contributed by atoms with Crippen molar-refractivity contribution in [1.82, 2.24) is 0 Å². The number of anilines is 2. The van der Waals surface area contributed by atoms with E-state index in [1.165, 1.54) is 25.3 Å². The van der Waals surface area contributed by atoms with E-state index < -0.39 is 18.7 Å². The van der Waals surface area contributed by atoms with Gasteiger partial charge in [0.1, 0.15) is 6.54 Å². The van der Waals surface area contributed by atoms with E-state index in [0.29, 0.717) is 0 Å². The predicted molar refractivity (Wildman–Crippen MR) is 66.1 cm³/mol. The van der Waals surface area contributed by atoms with Crippen molar-refractivity contribution < 1.29 is 22.7 Å². The number of methoxy groups -OCH3 is 1. The van der Waals surface area contributed by atoms with Gasteiger partial charge in [0.15, 0.2) is 0 Å². The maximum atomic E-state index is 12.4. The van der Waals surface area contributed by atoms with Crippen LogP contribution in [0.5, 0.6) is 0 Å². The summed E-state index contributed by atoms with van der Waals surface area (Å²) >= 11 is 0. The van der Waals surface area contributed by atoms with E-state index in [-0.39, 0.29) is 23.5 Å². The first-order valence-electron chi connectivity index (χ1n) is 5.58. The molecule has 106 valence electrons. The fourth-order valence-electron chi connectivity index (χ4n) is 1.67. The highest BCUT2D eigenvalue weighted by Gasteiger charge is 2.31. The van der Waals surface area contributed by atoms with E-state index in [1.807, 2.05) is 0 Å². The van der Waals surface area contributed by atoms with Crippen molar-refractivity contribution in [3.05, 3.63) is 23.8 Å². The Morgan fingerprint density at radius 3 is 2.47 bits per heavy atom. The highest BCUT2D eigenvalue weighted by Crippen LogP contribution is 2.28. The summed E-state index contributed by atoms with van der Waals surface area (Å²) in [5.41, 5.74) is 6.24. The van der Waals surface area contributed by atoms with Crippen LogP contribution in [0.2, 0.25) is 0 Å². The first-order chi connectivity index (χ1) is 8.78. The maximum Gasteiger partial charge on any atom is 0.405 e. The number of nitrogens with two attached hydrogens (primary N) is 1. The topological polar surface area (TPSA) is 55.6 Å². The standard InChI is InChI=1S/C12H15F3N2O2/c1-3-17(7-12(13,14)15)10-5-4-8(6-9(10)16)11(18)19-2/h4-6H,3,7,16H2,1-2H3. The summed E-state index contributed by atoms with van der Waals surface area (Å²) in [6.45, 7) is 0.659. The number of benzene rings is 1. The molecule has 0 heterocycles. The van der Waals surface area contributed by atoms with E-state index in [4.69, 9.17) is 5.73 Å². The van der Waals surface area contributed by atoms with Gasteiger partial charge < -0.3 is 15.4 Å². The molecule has 0 bridgehead atoms. The monoisotopic (exact) mass is 276 g/mol. The number of nitrogens with zero attached hydrogens (tertiary/aromatic N) is 1. The molecule has 0 aliphatic rings. The number of halogens is 3. The van der Waals surface area contributed by atoms with Gasteiger partial charge in [-0.15, -0.1) is 0 Å². The van der Waals surface area contributed by atoms with E-state index in [2.05, 4.69) is 4.74 Å². The minimum Gasteiger partial charge on any atom is -0.465 e. The van der Waals surface area contributed by atoms with Crippen LogP contribution in [0.1, 0.15) is 17.3 Å².